The summed E-state index contributed by atoms with van der Waals surface area (Å²) in [4.78, 5) is 72.6. The highest BCUT2D eigenvalue weighted by Gasteiger charge is 2.43. The Labute approximate surface area is 337 Å². The highest BCUT2D eigenvalue weighted by Crippen LogP contribution is 2.31. The summed E-state index contributed by atoms with van der Waals surface area (Å²) < 4.78 is 17.7. The summed E-state index contributed by atoms with van der Waals surface area (Å²) in [5, 5.41) is 6.04. The van der Waals surface area contributed by atoms with Crippen molar-refractivity contribution < 1.29 is 38.2 Å². The second-order valence-electron chi connectivity index (χ2n) is 17.4. The molecule has 0 aromatic heterocycles. The highest BCUT2D eigenvalue weighted by molar-refractivity contribution is 5.90. The maximum absolute atomic E-state index is 14.3. The molecule has 1 aliphatic heterocycles. The van der Waals surface area contributed by atoms with Crippen molar-refractivity contribution in [1.29, 1.82) is 0 Å². The quantitative estimate of drug-likeness (QED) is 0.147. The number of nitrogens with one attached hydrogen (secondary N) is 2. The van der Waals surface area contributed by atoms with Crippen LogP contribution in [0, 0.1) is 29.6 Å². The van der Waals surface area contributed by atoms with E-state index in [0.29, 0.717) is 13.0 Å². The Bertz CT molecular complexity index is 1410. The van der Waals surface area contributed by atoms with E-state index in [1.807, 2.05) is 65.0 Å². The Morgan fingerprint density at radius 1 is 0.929 bits per heavy atom. The van der Waals surface area contributed by atoms with Gasteiger partial charge in [0.25, 0.3) is 0 Å². The van der Waals surface area contributed by atoms with Gasteiger partial charge in [0.05, 0.1) is 42.7 Å². The van der Waals surface area contributed by atoms with Gasteiger partial charge in [0.15, 0.2) is 5.78 Å². The number of ether oxygens (including phenoxy) is 3. The van der Waals surface area contributed by atoms with Gasteiger partial charge in [-0.25, -0.2) is 4.79 Å². The third-order valence-electron chi connectivity index (χ3n) is 11.4. The lowest BCUT2D eigenvalue weighted by Gasteiger charge is -2.41. The zero-order chi connectivity index (χ0) is 42.5. The Kier molecular flexibility index (Phi) is 19.7. The fraction of sp³-hybridized carbons (Fsp3) is 0.750. The molecule has 0 radical (unpaired) electrons. The first-order chi connectivity index (χ1) is 26.2. The van der Waals surface area contributed by atoms with E-state index in [2.05, 4.69) is 17.6 Å². The number of hydrogen-bond donors (Lipinski definition) is 2. The van der Waals surface area contributed by atoms with E-state index in [-0.39, 0.29) is 66.6 Å². The molecule has 1 aromatic carbocycles. The van der Waals surface area contributed by atoms with Gasteiger partial charge in [-0.1, -0.05) is 85.2 Å². The van der Waals surface area contributed by atoms with Crippen LogP contribution >= 0.6 is 0 Å². The van der Waals surface area contributed by atoms with Crippen molar-refractivity contribution in [2.24, 2.45) is 29.6 Å². The fourth-order valence-electron chi connectivity index (χ4n) is 8.10. The summed E-state index contributed by atoms with van der Waals surface area (Å²) in [5.74, 6) is -2.41. The van der Waals surface area contributed by atoms with Crippen LogP contribution in [-0.2, 0) is 44.6 Å². The summed E-state index contributed by atoms with van der Waals surface area (Å²) in [6, 6.07) is 7.37. The molecule has 1 unspecified atom stereocenters. The van der Waals surface area contributed by atoms with Crippen LogP contribution in [0.3, 0.4) is 0 Å². The number of hydrogen-bond acceptors (Lipinski definition) is 9. The third-order valence-corrected chi connectivity index (χ3v) is 11.4. The topological polar surface area (TPSA) is 144 Å². The standard InChI is InChI=1S/C44H74N4O8/c1-15-29(6)39(47(12)42(52)32(27(2)3)25-35(49)38(45-11)28(4)5)36(54-13)26-37(50)48-23-19-22-34(48)40(55-14)30(7)41(51)46-33(43(53)56-44(8,9)10)24-31-20-17-16-18-21-31/h16-18,20-21,27-30,32-34,36,38-40,45H,15,19,22-26H2,1-14H3,(H,46,51)/t29-,30+,32-,33-,34?,36+,38-,39-,40+/m0/s1. The molecule has 0 saturated carbocycles. The van der Waals surface area contributed by atoms with Crippen molar-refractivity contribution >= 4 is 29.5 Å². The number of likely N-dealkylation sites (N-methyl/N-ethyl adjacent to an activating group) is 2. The van der Waals surface area contributed by atoms with Crippen molar-refractivity contribution in [2.75, 3.05) is 34.9 Å². The van der Waals surface area contributed by atoms with Crippen molar-refractivity contribution in [3.63, 3.8) is 0 Å². The van der Waals surface area contributed by atoms with Crippen molar-refractivity contribution in [3.8, 4) is 0 Å². The van der Waals surface area contributed by atoms with Gasteiger partial charge < -0.3 is 34.6 Å². The first-order valence-electron chi connectivity index (χ1n) is 20.6. The zero-order valence-electron chi connectivity index (χ0n) is 36.8. The predicted octanol–water partition coefficient (Wildman–Crippen LogP) is 5.45. The third kappa shape index (κ3) is 13.6. The van der Waals surface area contributed by atoms with Crippen LogP contribution in [0.2, 0.25) is 0 Å². The maximum Gasteiger partial charge on any atom is 0.329 e. The smallest absolute Gasteiger partial charge is 0.329 e. The zero-order valence-corrected chi connectivity index (χ0v) is 36.8. The van der Waals surface area contributed by atoms with Gasteiger partial charge >= 0.3 is 5.97 Å². The molecule has 1 saturated heterocycles. The minimum Gasteiger partial charge on any atom is -0.458 e. The van der Waals surface area contributed by atoms with E-state index in [9.17, 15) is 24.0 Å². The summed E-state index contributed by atoms with van der Waals surface area (Å²) in [7, 11) is 6.63. The Balaban J connectivity index is 2.31. The Morgan fingerprint density at radius 2 is 1.55 bits per heavy atom. The second-order valence-corrected chi connectivity index (χ2v) is 17.4. The lowest BCUT2D eigenvalue weighted by molar-refractivity contribution is -0.159. The number of benzene rings is 1. The molecule has 2 rings (SSSR count). The average molecular weight is 787 g/mol. The van der Waals surface area contributed by atoms with Gasteiger partial charge in [-0.3, -0.25) is 19.2 Å². The number of amides is 3. The van der Waals surface area contributed by atoms with Crippen molar-refractivity contribution in [2.45, 2.75) is 150 Å². The molecule has 56 heavy (non-hydrogen) atoms. The normalized spacial score (nSPS) is 19.1. The maximum atomic E-state index is 14.3. The molecule has 318 valence electrons. The molecule has 0 spiro atoms. The van der Waals surface area contributed by atoms with Crippen LogP contribution in [0.25, 0.3) is 0 Å². The molecule has 1 fully saturated rings. The van der Waals surface area contributed by atoms with Crippen LogP contribution in [0.4, 0.5) is 0 Å². The minimum atomic E-state index is -0.918. The molecular formula is C44H74N4O8. The minimum absolute atomic E-state index is 0.00810. The van der Waals surface area contributed by atoms with Gasteiger partial charge in [0.2, 0.25) is 17.7 Å². The van der Waals surface area contributed by atoms with Crippen LogP contribution < -0.4 is 10.6 Å². The van der Waals surface area contributed by atoms with Gasteiger partial charge in [0, 0.05) is 46.6 Å². The van der Waals surface area contributed by atoms with Gasteiger partial charge in [-0.05, 0) is 64.0 Å². The number of nitrogens with zero attached hydrogens (tertiary/aromatic N) is 2. The number of Topliss-reactive ketones (excluding diaryl/α,β-unsaturated/α-hetero) is 1. The van der Waals surface area contributed by atoms with E-state index >= 15 is 0 Å². The fourth-order valence-corrected chi connectivity index (χ4v) is 8.10. The summed E-state index contributed by atoms with van der Waals surface area (Å²) in [6.07, 6.45) is 1.26. The largest absolute Gasteiger partial charge is 0.458 e. The predicted molar refractivity (Wildman–Crippen MR) is 220 cm³/mol. The second kappa shape index (κ2) is 22.6. The van der Waals surface area contributed by atoms with Gasteiger partial charge in [0.1, 0.15) is 11.6 Å². The summed E-state index contributed by atoms with van der Waals surface area (Å²) >= 11 is 0. The van der Waals surface area contributed by atoms with Crippen LogP contribution in [0.5, 0.6) is 0 Å². The molecule has 12 nitrogen and oxygen atoms in total. The van der Waals surface area contributed by atoms with Crippen molar-refractivity contribution in [3.05, 3.63) is 35.9 Å². The summed E-state index contributed by atoms with van der Waals surface area (Å²) in [6.45, 7) is 19.6. The molecule has 0 bridgehead atoms. The van der Waals surface area contributed by atoms with E-state index in [0.717, 1.165) is 18.4 Å². The molecule has 9 atom stereocenters. The molecule has 0 aliphatic carbocycles. The van der Waals surface area contributed by atoms with Crippen LogP contribution in [0.1, 0.15) is 107 Å². The van der Waals surface area contributed by atoms with Crippen LogP contribution in [0.15, 0.2) is 30.3 Å². The number of carbonyl (C=O) groups is 5. The van der Waals surface area contributed by atoms with E-state index < -0.39 is 53.7 Å². The first kappa shape index (κ1) is 48.8. The SMILES string of the molecule is CC[C@H](C)[C@@H]([C@@H](CC(=O)N1CCCC1[C@H](OC)[C@@H](C)C(=O)N[C@@H](Cc1ccccc1)C(=O)OC(C)(C)C)OC)N(C)C(=O)[C@@H](CC(=O)[C@@H](NC)C(C)C)C(C)C. The number of carbonyl (C=O) groups excluding carboxylic acids is 5. The number of likely N-dealkylation sites (tertiary alicyclic amines) is 1. The Hall–Kier alpha value is -3.35. The number of methoxy groups -OCH3 is 2. The molecular weight excluding hydrogens is 713 g/mol. The lowest BCUT2D eigenvalue weighted by Crippen LogP contribution is -2.55. The van der Waals surface area contributed by atoms with Gasteiger partial charge in [-0.2, -0.15) is 0 Å². The first-order valence-corrected chi connectivity index (χ1v) is 20.6. The van der Waals surface area contributed by atoms with Crippen LogP contribution in [-0.4, -0.2) is 116 Å². The molecule has 1 aromatic rings. The molecule has 12 heteroatoms. The van der Waals surface area contributed by atoms with Crippen molar-refractivity contribution in [1.82, 2.24) is 20.4 Å². The average Bonchev–Trinajstić information content (AvgIpc) is 3.62. The highest BCUT2D eigenvalue weighted by atomic mass is 16.6. The van der Waals surface area contributed by atoms with Gasteiger partial charge in [-0.15, -0.1) is 0 Å². The molecule has 1 heterocycles. The molecule has 1 aliphatic rings. The lowest BCUT2D eigenvalue weighted by atomic mass is 9.84. The van der Waals surface area contributed by atoms with E-state index in [4.69, 9.17) is 14.2 Å². The molecule has 3 amide bonds. The number of rotatable bonds is 22. The van der Waals surface area contributed by atoms with E-state index in [1.54, 1.807) is 58.7 Å². The summed E-state index contributed by atoms with van der Waals surface area (Å²) in [5.41, 5.74) is 0.140. The molecule has 2 N–H and O–H groups in total. The monoisotopic (exact) mass is 787 g/mol. The Morgan fingerprint density at radius 3 is 2.05 bits per heavy atom. The number of esters is 1. The number of ketones is 1. The van der Waals surface area contributed by atoms with E-state index in [1.165, 1.54) is 7.11 Å².